The van der Waals surface area contributed by atoms with Gasteiger partial charge in [-0.25, -0.2) is 0 Å². The summed E-state index contributed by atoms with van der Waals surface area (Å²) in [7, 11) is 0. The Hall–Kier alpha value is -1.46. The second kappa shape index (κ2) is 8.41. The lowest BCUT2D eigenvalue weighted by Crippen LogP contribution is -2.48. The van der Waals surface area contributed by atoms with Gasteiger partial charge in [-0.15, -0.1) is 0 Å². The Labute approximate surface area is 138 Å². The summed E-state index contributed by atoms with van der Waals surface area (Å²) in [6, 6.07) is 4.17. The minimum Gasteiger partial charge on any atom is -0.378 e. The smallest absolute Gasteiger partial charge is 0.227 e. The second-order valence-corrected chi connectivity index (χ2v) is 6.54. The van der Waals surface area contributed by atoms with Crippen molar-refractivity contribution in [1.29, 1.82) is 0 Å². The van der Waals surface area contributed by atoms with E-state index in [1.807, 2.05) is 17.3 Å². The van der Waals surface area contributed by atoms with E-state index in [1.165, 1.54) is 5.56 Å². The molecule has 5 nitrogen and oxygen atoms in total. The van der Waals surface area contributed by atoms with Crippen LogP contribution in [0.1, 0.15) is 24.8 Å². The molecule has 1 amide bonds. The van der Waals surface area contributed by atoms with Gasteiger partial charge in [0.2, 0.25) is 5.91 Å². The van der Waals surface area contributed by atoms with E-state index in [9.17, 15) is 4.79 Å². The van der Waals surface area contributed by atoms with Gasteiger partial charge in [0.25, 0.3) is 0 Å². The Morgan fingerprint density at radius 2 is 2.00 bits per heavy atom. The predicted molar refractivity (Wildman–Crippen MR) is 89.1 cm³/mol. The van der Waals surface area contributed by atoms with Crippen LogP contribution in [0.5, 0.6) is 0 Å². The van der Waals surface area contributed by atoms with Crippen molar-refractivity contribution >= 4 is 5.91 Å². The minimum atomic E-state index is 0.183. The third-order valence-corrected chi connectivity index (χ3v) is 4.87. The van der Waals surface area contributed by atoms with Crippen LogP contribution in [0.15, 0.2) is 24.5 Å². The fraction of sp³-hybridized carbons (Fsp3) is 0.667. The van der Waals surface area contributed by atoms with Crippen LogP contribution in [-0.2, 0) is 16.0 Å². The van der Waals surface area contributed by atoms with E-state index in [0.717, 1.165) is 58.4 Å². The number of hydrogen-bond acceptors (Lipinski definition) is 4. The molecule has 2 fully saturated rings. The summed E-state index contributed by atoms with van der Waals surface area (Å²) in [5.74, 6) is 0.523. The first-order valence-electron chi connectivity index (χ1n) is 8.81. The topological polar surface area (TPSA) is 45.7 Å². The number of likely N-dealkylation sites (tertiary alicyclic amines) is 1. The molecule has 1 aromatic rings. The van der Waals surface area contributed by atoms with E-state index in [4.69, 9.17) is 4.74 Å². The van der Waals surface area contributed by atoms with Gasteiger partial charge in [-0.3, -0.25) is 9.78 Å². The Morgan fingerprint density at radius 3 is 2.78 bits per heavy atom. The van der Waals surface area contributed by atoms with Crippen molar-refractivity contribution in [1.82, 2.24) is 14.8 Å². The van der Waals surface area contributed by atoms with E-state index in [-0.39, 0.29) is 5.92 Å². The molecular formula is C18H27N3O2. The van der Waals surface area contributed by atoms with Gasteiger partial charge in [-0.05, 0) is 56.5 Å². The number of piperidine rings is 1. The van der Waals surface area contributed by atoms with Crippen LogP contribution in [0.25, 0.3) is 0 Å². The number of aryl methyl sites for hydroxylation is 1. The van der Waals surface area contributed by atoms with Crippen LogP contribution >= 0.6 is 0 Å². The van der Waals surface area contributed by atoms with Crippen molar-refractivity contribution in [2.24, 2.45) is 5.92 Å². The Kier molecular flexibility index (Phi) is 6.00. The highest BCUT2D eigenvalue weighted by Gasteiger charge is 2.29. The molecule has 0 bridgehead atoms. The number of hydrogen-bond donors (Lipinski definition) is 0. The summed E-state index contributed by atoms with van der Waals surface area (Å²) in [6.45, 7) is 6.03. The van der Waals surface area contributed by atoms with Gasteiger partial charge in [0.15, 0.2) is 0 Å². The molecule has 1 atom stereocenters. The molecule has 5 heteroatoms. The van der Waals surface area contributed by atoms with Crippen LogP contribution in [0.3, 0.4) is 0 Å². The molecule has 2 aliphatic heterocycles. The Balaban J connectivity index is 1.43. The van der Waals surface area contributed by atoms with Gasteiger partial charge >= 0.3 is 0 Å². The number of carbonyl (C=O) groups is 1. The van der Waals surface area contributed by atoms with Crippen molar-refractivity contribution in [2.45, 2.75) is 25.7 Å². The van der Waals surface area contributed by atoms with Gasteiger partial charge in [-0.1, -0.05) is 0 Å². The fourth-order valence-electron chi connectivity index (χ4n) is 3.56. The van der Waals surface area contributed by atoms with Crippen molar-refractivity contribution in [3.8, 4) is 0 Å². The quantitative estimate of drug-likeness (QED) is 0.827. The molecule has 23 heavy (non-hydrogen) atoms. The average molecular weight is 317 g/mol. The lowest BCUT2D eigenvalue weighted by molar-refractivity contribution is -0.141. The highest BCUT2D eigenvalue weighted by Crippen LogP contribution is 2.20. The summed E-state index contributed by atoms with van der Waals surface area (Å²) >= 11 is 0. The maximum absolute atomic E-state index is 12.6. The Bertz CT molecular complexity index is 488. The number of pyridine rings is 1. The largest absolute Gasteiger partial charge is 0.378 e. The number of nitrogens with zero attached hydrogens (tertiary/aromatic N) is 3. The number of amides is 1. The molecular weight excluding hydrogens is 290 g/mol. The van der Waals surface area contributed by atoms with E-state index < -0.39 is 0 Å². The fourth-order valence-corrected chi connectivity index (χ4v) is 3.56. The van der Waals surface area contributed by atoms with E-state index in [0.29, 0.717) is 19.1 Å². The van der Waals surface area contributed by atoms with Gasteiger partial charge in [-0.2, -0.15) is 0 Å². The molecule has 0 unspecified atom stereocenters. The lowest BCUT2D eigenvalue weighted by atomic mass is 9.96. The average Bonchev–Trinajstić information content (AvgIpc) is 2.63. The van der Waals surface area contributed by atoms with Crippen LogP contribution in [0.2, 0.25) is 0 Å². The molecule has 1 aromatic heterocycles. The number of morpholine rings is 1. The normalized spacial score (nSPS) is 23.0. The van der Waals surface area contributed by atoms with Crippen molar-refractivity contribution in [3.63, 3.8) is 0 Å². The molecule has 0 radical (unpaired) electrons. The third-order valence-electron chi connectivity index (χ3n) is 4.87. The predicted octanol–water partition coefficient (Wildman–Crippen LogP) is 1.58. The SMILES string of the molecule is O=C([C@H]1CCCN(CCCc2ccncc2)C1)N1CCOCC1. The molecule has 0 spiro atoms. The summed E-state index contributed by atoms with van der Waals surface area (Å²) < 4.78 is 5.34. The number of ether oxygens (including phenoxy) is 1. The zero-order valence-corrected chi connectivity index (χ0v) is 13.8. The highest BCUT2D eigenvalue weighted by atomic mass is 16.5. The van der Waals surface area contributed by atoms with Crippen LogP contribution in [0.4, 0.5) is 0 Å². The molecule has 3 rings (SSSR count). The first kappa shape index (κ1) is 16.4. The summed E-state index contributed by atoms with van der Waals surface area (Å²) in [4.78, 5) is 21.1. The summed E-state index contributed by atoms with van der Waals surface area (Å²) in [5.41, 5.74) is 1.35. The number of carbonyl (C=O) groups excluding carboxylic acids is 1. The molecule has 0 N–H and O–H groups in total. The van der Waals surface area contributed by atoms with E-state index in [1.54, 1.807) is 0 Å². The third kappa shape index (κ3) is 4.75. The zero-order valence-electron chi connectivity index (χ0n) is 13.8. The van der Waals surface area contributed by atoms with E-state index in [2.05, 4.69) is 22.0 Å². The molecule has 0 aliphatic carbocycles. The molecule has 0 saturated carbocycles. The molecule has 126 valence electrons. The molecule has 3 heterocycles. The number of aromatic nitrogens is 1. The van der Waals surface area contributed by atoms with Crippen LogP contribution < -0.4 is 0 Å². The zero-order chi connectivity index (χ0) is 15.9. The van der Waals surface area contributed by atoms with Crippen molar-refractivity contribution < 1.29 is 9.53 Å². The summed E-state index contributed by atoms with van der Waals surface area (Å²) in [5, 5.41) is 0. The maximum atomic E-state index is 12.6. The number of rotatable bonds is 5. The van der Waals surface area contributed by atoms with Gasteiger partial charge in [0.1, 0.15) is 0 Å². The molecule has 0 aromatic carbocycles. The summed E-state index contributed by atoms with van der Waals surface area (Å²) in [6.07, 6.45) is 8.11. The van der Waals surface area contributed by atoms with Gasteiger partial charge in [0.05, 0.1) is 19.1 Å². The monoisotopic (exact) mass is 317 g/mol. The Morgan fingerprint density at radius 1 is 1.22 bits per heavy atom. The van der Waals surface area contributed by atoms with Crippen LogP contribution in [-0.4, -0.2) is 66.6 Å². The van der Waals surface area contributed by atoms with E-state index >= 15 is 0 Å². The van der Waals surface area contributed by atoms with Gasteiger partial charge < -0.3 is 14.5 Å². The standard InChI is InChI=1S/C18H27N3O2/c22-18(21-11-13-23-14-12-21)17-4-2-10-20(15-17)9-1-3-16-5-7-19-8-6-16/h5-8,17H,1-4,9-15H2/t17-/m0/s1. The van der Waals surface area contributed by atoms with Crippen LogP contribution in [0, 0.1) is 5.92 Å². The molecule has 2 saturated heterocycles. The lowest BCUT2D eigenvalue weighted by Gasteiger charge is -2.36. The maximum Gasteiger partial charge on any atom is 0.227 e. The van der Waals surface area contributed by atoms with Crippen molar-refractivity contribution in [3.05, 3.63) is 30.1 Å². The van der Waals surface area contributed by atoms with Crippen molar-refractivity contribution in [2.75, 3.05) is 45.9 Å². The first-order chi connectivity index (χ1) is 11.3. The first-order valence-corrected chi connectivity index (χ1v) is 8.81. The highest BCUT2D eigenvalue weighted by molar-refractivity contribution is 5.79. The second-order valence-electron chi connectivity index (χ2n) is 6.54. The van der Waals surface area contributed by atoms with Gasteiger partial charge in [0, 0.05) is 32.0 Å². The molecule has 2 aliphatic rings. The minimum absolute atomic E-state index is 0.183.